The van der Waals surface area contributed by atoms with Gasteiger partial charge in [-0.2, -0.15) is 0 Å². The summed E-state index contributed by atoms with van der Waals surface area (Å²) in [4.78, 5) is 2.79. The summed E-state index contributed by atoms with van der Waals surface area (Å²) in [5.74, 6) is 0. The molecule has 0 amide bonds. The number of rotatable bonds is 4. The molecule has 1 aliphatic heterocycles. The standard InChI is InChI=1S/C17H26N2/c1-14-5-4-6-15(11-14)13-19(16-7-2-3-8-16)17-9-10-18-12-17/h4-6,11,16-18H,2-3,7-10,12-13H2,1H3/t17-/m0/s1. The minimum absolute atomic E-state index is 0.753. The van der Waals surface area contributed by atoms with E-state index in [4.69, 9.17) is 0 Å². The highest BCUT2D eigenvalue weighted by Crippen LogP contribution is 2.28. The third-order valence-electron chi connectivity index (χ3n) is 4.74. The lowest BCUT2D eigenvalue weighted by molar-refractivity contribution is 0.135. The average Bonchev–Trinajstić information content (AvgIpc) is 3.10. The van der Waals surface area contributed by atoms with E-state index in [1.807, 2.05) is 0 Å². The first-order valence-electron chi connectivity index (χ1n) is 7.85. The van der Waals surface area contributed by atoms with E-state index in [1.54, 1.807) is 0 Å². The zero-order valence-electron chi connectivity index (χ0n) is 12.1. The highest BCUT2D eigenvalue weighted by Gasteiger charge is 2.30. The first kappa shape index (κ1) is 13.1. The second-order valence-electron chi connectivity index (χ2n) is 6.25. The highest BCUT2D eigenvalue weighted by molar-refractivity contribution is 5.22. The molecule has 2 aliphatic rings. The third-order valence-corrected chi connectivity index (χ3v) is 4.74. The maximum atomic E-state index is 3.53. The van der Waals surface area contributed by atoms with Crippen LogP contribution in [0, 0.1) is 6.92 Å². The topological polar surface area (TPSA) is 15.3 Å². The lowest BCUT2D eigenvalue weighted by Gasteiger charge is -2.34. The van der Waals surface area contributed by atoms with Crippen LogP contribution in [-0.2, 0) is 6.54 Å². The van der Waals surface area contributed by atoms with Crippen LogP contribution in [0.25, 0.3) is 0 Å². The van der Waals surface area contributed by atoms with Gasteiger partial charge in [0.2, 0.25) is 0 Å². The lowest BCUT2D eigenvalue weighted by Crippen LogP contribution is -2.42. The first-order chi connectivity index (χ1) is 9.33. The Labute approximate surface area is 117 Å². The minimum atomic E-state index is 0.753. The van der Waals surface area contributed by atoms with Crippen molar-refractivity contribution >= 4 is 0 Å². The molecule has 1 aromatic rings. The molecule has 2 nitrogen and oxygen atoms in total. The van der Waals surface area contributed by atoms with E-state index < -0.39 is 0 Å². The molecule has 1 saturated carbocycles. The SMILES string of the molecule is Cc1cccc(CN(C2CCCC2)[C@H]2CCNC2)c1. The predicted molar refractivity (Wildman–Crippen MR) is 80.3 cm³/mol. The van der Waals surface area contributed by atoms with Gasteiger partial charge in [-0.1, -0.05) is 42.7 Å². The zero-order chi connectivity index (χ0) is 13.1. The molecule has 1 atom stereocenters. The number of hydrogen-bond acceptors (Lipinski definition) is 2. The fourth-order valence-electron chi connectivity index (χ4n) is 3.74. The van der Waals surface area contributed by atoms with Gasteiger partial charge in [0.15, 0.2) is 0 Å². The molecule has 1 saturated heterocycles. The van der Waals surface area contributed by atoms with Gasteiger partial charge in [-0.15, -0.1) is 0 Å². The van der Waals surface area contributed by atoms with E-state index in [0.717, 1.165) is 18.6 Å². The van der Waals surface area contributed by atoms with Crippen molar-refractivity contribution in [1.29, 1.82) is 0 Å². The number of nitrogens with one attached hydrogen (secondary N) is 1. The van der Waals surface area contributed by atoms with Crippen LogP contribution in [0.2, 0.25) is 0 Å². The number of hydrogen-bond donors (Lipinski definition) is 1. The maximum Gasteiger partial charge on any atom is 0.0240 e. The van der Waals surface area contributed by atoms with Crippen LogP contribution >= 0.6 is 0 Å². The molecule has 19 heavy (non-hydrogen) atoms. The molecule has 2 heteroatoms. The van der Waals surface area contributed by atoms with E-state index in [0.29, 0.717) is 0 Å². The molecule has 3 rings (SSSR count). The van der Waals surface area contributed by atoms with Crippen molar-refractivity contribution in [3.8, 4) is 0 Å². The molecule has 0 spiro atoms. The molecular formula is C17H26N2. The van der Waals surface area contributed by atoms with Crippen LogP contribution in [0.3, 0.4) is 0 Å². The molecular weight excluding hydrogens is 232 g/mol. The van der Waals surface area contributed by atoms with Crippen molar-refractivity contribution in [2.24, 2.45) is 0 Å². The Bertz CT molecular complexity index is 387. The van der Waals surface area contributed by atoms with E-state index in [2.05, 4.69) is 41.4 Å². The predicted octanol–water partition coefficient (Wildman–Crippen LogP) is 3.10. The van der Waals surface area contributed by atoms with Gasteiger partial charge in [-0.05, 0) is 38.3 Å². The second kappa shape index (κ2) is 6.06. The normalized spacial score (nSPS) is 24.4. The van der Waals surface area contributed by atoms with Crippen molar-refractivity contribution in [3.63, 3.8) is 0 Å². The van der Waals surface area contributed by atoms with Gasteiger partial charge in [0.05, 0.1) is 0 Å². The molecule has 0 unspecified atom stereocenters. The van der Waals surface area contributed by atoms with Crippen molar-refractivity contribution in [2.75, 3.05) is 13.1 Å². The summed E-state index contributed by atoms with van der Waals surface area (Å²) in [5.41, 5.74) is 2.87. The van der Waals surface area contributed by atoms with Gasteiger partial charge >= 0.3 is 0 Å². The second-order valence-corrected chi connectivity index (χ2v) is 6.25. The van der Waals surface area contributed by atoms with Gasteiger partial charge in [-0.25, -0.2) is 0 Å². The summed E-state index contributed by atoms with van der Waals surface area (Å²) in [7, 11) is 0. The summed E-state index contributed by atoms with van der Waals surface area (Å²) in [6.45, 7) is 5.71. The molecule has 1 aromatic carbocycles. The molecule has 1 heterocycles. The van der Waals surface area contributed by atoms with Crippen molar-refractivity contribution < 1.29 is 0 Å². The Kier molecular flexibility index (Phi) is 4.19. The number of benzene rings is 1. The summed E-state index contributed by atoms with van der Waals surface area (Å²) < 4.78 is 0. The third kappa shape index (κ3) is 3.18. The van der Waals surface area contributed by atoms with Gasteiger partial charge < -0.3 is 5.32 Å². The Morgan fingerprint density at radius 3 is 2.68 bits per heavy atom. The zero-order valence-corrected chi connectivity index (χ0v) is 12.1. The average molecular weight is 258 g/mol. The summed E-state index contributed by atoms with van der Waals surface area (Å²) in [6, 6.07) is 10.6. The number of aryl methyl sites for hydroxylation is 1. The summed E-state index contributed by atoms with van der Waals surface area (Å²) in [6.07, 6.45) is 6.98. The lowest BCUT2D eigenvalue weighted by atomic mass is 10.1. The fourth-order valence-corrected chi connectivity index (χ4v) is 3.74. The Morgan fingerprint density at radius 2 is 2.00 bits per heavy atom. The quantitative estimate of drug-likeness (QED) is 0.893. The Hall–Kier alpha value is -0.860. The molecule has 1 aliphatic carbocycles. The van der Waals surface area contributed by atoms with Gasteiger partial charge in [0.1, 0.15) is 0 Å². The van der Waals surface area contributed by atoms with E-state index in [1.165, 1.54) is 56.3 Å². The minimum Gasteiger partial charge on any atom is -0.315 e. The largest absolute Gasteiger partial charge is 0.315 e. The van der Waals surface area contributed by atoms with Gasteiger partial charge in [0, 0.05) is 25.2 Å². The maximum absolute atomic E-state index is 3.53. The first-order valence-corrected chi connectivity index (χ1v) is 7.85. The molecule has 104 valence electrons. The molecule has 2 fully saturated rings. The molecule has 1 N–H and O–H groups in total. The number of nitrogens with zero attached hydrogens (tertiary/aromatic N) is 1. The van der Waals surface area contributed by atoms with Gasteiger partial charge in [0.25, 0.3) is 0 Å². The monoisotopic (exact) mass is 258 g/mol. The van der Waals surface area contributed by atoms with Crippen LogP contribution in [0.15, 0.2) is 24.3 Å². The van der Waals surface area contributed by atoms with Crippen molar-refractivity contribution in [2.45, 2.75) is 57.7 Å². The Balaban J connectivity index is 1.74. The Morgan fingerprint density at radius 1 is 1.16 bits per heavy atom. The summed E-state index contributed by atoms with van der Waals surface area (Å²) in [5, 5.41) is 3.53. The molecule has 0 radical (unpaired) electrons. The van der Waals surface area contributed by atoms with Gasteiger partial charge in [-0.3, -0.25) is 4.90 Å². The van der Waals surface area contributed by atoms with E-state index >= 15 is 0 Å². The smallest absolute Gasteiger partial charge is 0.0240 e. The molecule has 0 aromatic heterocycles. The summed E-state index contributed by atoms with van der Waals surface area (Å²) >= 11 is 0. The van der Waals surface area contributed by atoms with Crippen LogP contribution in [0.5, 0.6) is 0 Å². The molecule has 0 bridgehead atoms. The van der Waals surface area contributed by atoms with Crippen LogP contribution < -0.4 is 5.32 Å². The van der Waals surface area contributed by atoms with Crippen LogP contribution in [0.1, 0.15) is 43.2 Å². The van der Waals surface area contributed by atoms with E-state index in [-0.39, 0.29) is 0 Å². The highest BCUT2D eigenvalue weighted by atomic mass is 15.2. The van der Waals surface area contributed by atoms with Crippen molar-refractivity contribution in [1.82, 2.24) is 10.2 Å². The fraction of sp³-hybridized carbons (Fsp3) is 0.647. The van der Waals surface area contributed by atoms with Crippen LogP contribution in [0.4, 0.5) is 0 Å². The van der Waals surface area contributed by atoms with Crippen LogP contribution in [-0.4, -0.2) is 30.1 Å². The van der Waals surface area contributed by atoms with E-state index in [9.17, 15) is 0 Å². The van der Waals surface area contributed by atoms with Crippen molar-refractivity contribution in [3.05, 3.63) is 35.4 Å².